The van der Waals surface area contributed by atoms with E-state index in [0.717, 1.165) is 25.1 Å². The van der Waals surface area contributed by atoms with Gasteiger partial charge in [0.05, 0.1) is 18.1 Å². The third-order valence-electron chi connectivity index (χ3n) is 3.08. The van der Waals surface area contributed by atoms with Crippen LogP contribution in [-0.2, 0) is 13.5 Å². The van der Waals surface area contributed by atoms with E-state index < -0.39 is 0 Å². The highest BCUT2D eigenvalue weighted by molar-refractivity contribution is 14.1. The monoisotopic (exact) mass is 369 g/mol. The Morgan fingerprint density at radius 2 is 2.05 bits per heavy atom. The van der Waals surface area contributed by atoms with Gasteiger partial charge in [-0.15, -0.1) is 0 Å². The fraction of sp³-hybridized carbons (Fsp3) is 0.400. The third kappa shape index (κ3) is 4.31. The fourth-order valence-corrected chi connectivity index (χ4v) is 2.43. The fourth-order valence-electron chi connectivity index (χ4n) is 2.07. The molecule has 2 aromatic rings. The molecule has 0 fully saturated rings. The van der Waals surface area contributed by atoms with Crippen LogP contribution < -0.4 is 5.32 Å². The number of benzene rings is 1. The SMILES string of the molecule is CCCNC(Cc1ccc(I)cc1)c1cn(C)cn1. The summed E-state index contributed by atoms with van der Waals surface area (Å²) in [6.45, 7) is 3.21. The van der Waals surface area contributed by atoms with Crippen molar-refractivity contribution in [3.8, 4) is 0 Å². The Labute approximate surface area is 128 Å². The summed E-state index contributed by atoms with van der Waals surface area (Å²) in [4.78, 5) is 4.48. The van der Waals surface area contributed by atoms with Gasteiger partial charge in [0, 0.05) is 16.8 Å². The maximum Gasteiger partial charge on any atom is 0.0947 e. The van der Waals surface area contributed by atoms with Crippen molar-refractivity contribution >= 4 is 22.6 Å². The van der Waals surface area contributed by atoms with Crippen molar-refractivity contribution in [2.75, 3.05) is 6.54 Å². The van der Waals surface area contributed by atoms with Gasteiger partial charge >= 0.3 is 0 Å². The van der Waals surface area contributed by atoms with Gasteiger partial charge in [0.15, 0.2) is 0 Å². The summed E-state index contributed by atoms with van der Waals surface area (Å²) in [6, 6.07) is 9.01. The molecule has 0 amide bonds. The molecule has 0 radical (unpaired) electrons. The zero-order chi connectivity index (χ0) is 13.7. The standard InChI is InChI=1S/C15H20IN3/c1-3-8-17-14(15-10-19(2)11-18-15)9-12-4-6-13(16)7-5-12/h4-7,10-11,14,17H,3,8-9H2,1-2H3. The largest absolute Gasteiger partial charge is 0.340 e. The molecule has 102 valence electrons. The van der Waals surface area contributed by atoms with Crippen molar-refractivity contribution in [1.82, 2.24) is 14.9 Å². The molecule has 1 unspecified atom stereocenters. The Hall–Kier alpha value is -0.880. The second-order valence-corrected chi connectivity index (χ2v) is 6.05. The zero-order valence-corrected chi connectivity index (χ0v) is 13.6. The lowest BCUT2D eigenvalue weighted by molar-refractivity contribution is 0.519. The molecule has 19 heavy (non-hydrogen) atoms. The van der Waals surface area contributed by atoms with Crippen molar-refractivity contribution in [2.45, 2.75) is 25.8 Å². The predicted molar refractivity (Wildman–Crippen MR) is 87.1 cm³/mol. The van der Waals surface area contributed by atoms with Gasteiger partial charge in [-0.05, 0) is 59.7 Å². The number of halogens is 1. The van der Waals surface area contributed by atoms with Gasteiger partial charge in [-0.2, -0.15) is 0 Å². The number of hydrogen-bond donors (Lipinski definition) is 1. The molecule has 2 rings (SSSR count). The molecule has 0 bridgehead atoms. The molecule has 0 spiro atoms. The molecule has 4 heteroatoms. The lowest BCUT2D eigenvalue weighted by Crippen LogP contribution is -2.24. The van der Waals surface area contributed by atoms with Crippen molar-refractivity contribution < 1.29 is 0 Å². The van der Waals surface area contributed by atoms with Crippen LogP contribution in [0.3, 0.4) is 0 Å². The second kappa shape index (κ2) is 7.05. The van der Waals surface area contributed by atoms with Gasteiger partial charge in [-0.25, -0.2) is 4.98 Å². The van der Waals surface area contributed by atoms with E-state index in [-0.39, 0.29) is 0 Å². The lowest BCUT2D eigenvalue weighted by Gasteiger charge is -2.16. The van der Waals surface area contributed by atoms with Crippen molar-refractivity contribution in [3.63, 3.8) is 0 Å². The number of hydrogen-bond acceptors (Lipinski definition) is 2. The maximum atomic E-state index is 4.48. The number of nitrogens with one attached hydrogen (secondary N) is 1. The lowest BCUT2D eigenvalue weighted by atomic mass is 10.0. The van der Waals surface area contributed by atoms with E-state index in [0.29, 0.717) is 6.04 Å². The number of aromatic nitrogens is 2. The molecular formula is C15H20IN3. The first-order chi connectivity index (χ1) is 9.19. The summed E-state index contributed by atoms with van der Waals surface area (Å²) >= 11 is 2.34. The molecule has 0 aliphatic rings. The minimum absolute atomic E-state index is 0.293. The highest BCUT2D eigenvalue weighted by Gasteiger charge is 2.13. The van der Waals surface area contributed by atoms with Crippen LogP contribution in [-0.4, -0.2) is 16.1 Å². The Bertz CT molecular complexity index is 504. The maximum absolute atomic E-state index is 4.48. The number of nitrogens with zero attached hydrogens (tertiary/aromatic N) is 2. The highest BCUT2D eigenvalue weighted by Crippen LogP contribution is 2.17. The topological polar surface area (TPSA) is 29.9 Å². The van der Waals surface area contributed by atoms with Crippen LogP contribution in [0.2, 0.25) is 0 Å². The van der Waals surface area contributed by atoms with Crippen molar-refractivity contribution in [3.05, 3.63) is 51.6 Å². The normalized spacial score (nSPS) is 12.6. The molecule has 0 aliphatic carbocycles. The zero-order valence-electron chi connectivity index (χ0n) is 11.4. The second-order valence-electron chi connectivity index (χ2n) is 4.80. The molecule has 1 aromatic heterocycles. The smallest absolute Gasteiger partial charge is 0.0947 e. The number of imidazole rings is 1. The van der Waals surface area contributed by atoms with Crippen molar-refractivity contribution in [1.29, 1.82) is 0 Å². The van der Waals surface area contributed by atoms with E-state index in [9.17, 15) is 0 Å². The molecule has 1 aromatic carbocycles. The molecule has 0 aliphatic heterocycles. The molecule has 1 N–H and O–H groups in total. The minimum atomic E-state index is 0.293. The highest BCUT2D eigenvalue weighted by atomic mass is 127. The Morgan fingerprint density at radius 3 is 2.63 bits per heavy atom. The van der Waals surface area contributed by atoms with Crippen molar-refractivity contribution in [2.24, 2.45) is 7.05 Å². The van der Waals surface area contributed by atoms with Crippen LogP contribution in [0.4, 0.5) is 0 Å². The molecule has 0 saturated carbocycles. The van der Waals surface area contributed by atoms with E-state index in [1.165, 1.54) is 9.13 Å². The van der Waals surface area contributed by atoms with Crippen LogP contribution in [0, 0.1) is 3.57 Å². The van der Waals surface area contributed by atoms with E-state index in [4.69, 9.17) is 0 Å². The molecular weight excluding hydrogens is 349 g/mol. The van der Waals surface area contributed by atoms with Crippen LogP contribution in [0.5, 0.6) is 0 Å². The summed E-state index contributed by atoms with van der Waals surface area (Å²) in [5.74, 6) is 0. The summed E-state index contributed by atoms with van der Waals surface area (Å²) in [6.07, 6.45) is 6.08. The van der Waals surface area contributed by atoms with Crippen LogP contribution >= 0.6 is 22.6 Å². The quantitative estimate of drug-likeness (QED) is 0.792. The van der Waals surface area contributed by atoms with Gasteiger partial charge in [-0.3, -0.25) is 0 Å². The molecule has 1 atom stereocenters. The first-order valence-electron chi connectivity index (χ1n) is 6.64. The van der Waals surface area contributed by atoms with E-state index in [1.54, 1.807) is 0 Å². The number of aryl methyl sites for hydroxylation is 1. The average molecular weight is 369 g/mol. The summed E-state index contributed by atoms with van der Waals surface area (Å²) in [7, 11) is 2.01. The first-order valence-corrected chi connectivity index (χ1v) is 7.72. The third-order valence-corrected chi connectivity index (χ3v) is 3.79. The first kappa shape index (κ1) is 14.5. The Balaban J connectivity index is 2.11. The van der Waals surface area contributed by atoms with Gasteiger partial charge in [-0.1, -0.05) is 19.1 Å². The summed E-state index contributed by atoms with van der Waals surface area (Å²) < 4.78 is 3.28. The van der Waals surface area contributed by atoms with Gasteiger partial charge in [0.1, 0.15) is 0 Å². The van der Waals surface area contributed by atoms with E-state index in [1.807, 2.05) is 17.9 Å². The van der Waals surface area contributed by atoms with Crippen LogP contribution in [0.1, 0.15) is 30.6 Å². The summed E-state index contributed by atoms with van der Waals surface area (Å²) in [5, 5.41) is 3.58. The Kier molecular flexibility index (Phi) is 5.39. The minimum Gasteiger partial charge on any atom is -0.340 e. The van der Waals surface area contributed by atoms with Gasteiger partial charge in [0.25, 0.3) is 0 Å². The summed E-state index contributed by atoms with van der Waals surface area (Å²) in [5.41, 5.74) is 2.47. The Morgan fingerprint density at radius 1 is 1.32 bits per heavy atom. The van der Waals surface area contributed by atoms with Crippen LogP contribution in [0.15, 0.2) is 36.8 Å². The van der Waals surface area contributed by atoms with Gasteiger partial charge in [0.2, 0.25) is 0 Å². The van der Waals surface area contributed by atoms with E-state index in [2.05, 4.69) is 70.3 Å². The molecule has 0 saturated heterocycles. The molecule has 3 nitrogen and oxygen atoms in total. The molecule has 1 heterocycles. The number of rotatable bonds is 6. The van der Waals surface area contributed by atoms with Gasteiger partial charge < -0.3 is 9.88 Å². The average Bonchev–Trinajstić information content (AvgIpc) is 2.83. The predicted octanol–water partition coefficient (Wildman–Crippen LogP) is 3.31. The van der Waals surface area contributed by atoms with Crippen LogP contribution in [0.25, 0.3) is 0 Å². The van der Waals surface area contributed by atoms with E-state index >= 15 is 0 Å².